The minimum Gasteiger partial charge on any atom is -0.361 e. The van der Waals surface area contributed by atoms with Crippen LogP contribution < -0.4 is 10.2 Å². The van der Waals surface area contributed by atoms with Gasteiger partial charge in [-0.2, -0.15) is 5.26 Å². The van der Waals surface area contributed by atoms with Crippen molar-refractivity contribution >= 4 is 22.4 Å². The van der Waals surface area contributed by atoms with E-state index >= 15 is 0 Å². The number of amides is 1. The van der Waals surface area contributed by atoms with E-state index < -0.39 is 0 Å². The van der Waals surface area contributed by atoms with Crippen LogP contribution >= 0.6 is 11.3 Å². The highest BCUT2D eigenvalue weighted by molar-refractivity contribution is 7.15. The Balaban J connectivity index is 1.02. The number of aromatic nitrogens is 2. The van der Waals surface area contributed by atoms with E-state index in [1.807, 2.05) is 31.3 Å². The monoisotopic (exact) mass is 482 g/mol. The molecule has 2 fully saturated rings. The van der Waals surface area contributed by atoms with Crippen LogP contribution in [0, 0.1) is 29.6 Å². The molecule has 1 aliphatic carbocycles. The van der Waals surface area contributed by atoms with Crippen molar-refractivity contribution in [3.63, 3.8) is 0 Å². The van der Waals surface area contributed by atoms with Crippen LogP contribution in [0.5, 0.6) is 0 Å². The fourth-order valence-electron chi connectivity index (χ4n) is 5.46. The lowest BCUT2D eigenvalue weighted by atomic mass is 9.84. The first kappa shape index (κ1) is 23.3. The van der Waals surface area contributed by atoms with Crippen LogP contribution in [0.2, 0.25) is 0 Å². The Labute approximate surface area is 205 Å². The minimum absolute atomic E-state index is 0.0295. The molecule has 34 heavy (non-hydrogen) atoms. The SMILES string of the molecule is Cc1cc(CC(=O)N[C@H]2CC[C@H](CCN3CCc4sc(N5CC(C)(C#N)C5)nc4C3)CC2)on1. The zero-order valence-electron chi connectivity index (χ0n) is 20.2. The molecule has 5 rings (SSSR count). The van der Waals surface area contributed by atoms with Crippen molar-refractivity contribution in [3.8, 4) is 6.07 Å². The number of fused-ring (bicyclic) bond motifs is 1. The number of nitrogens with zero attached hydrogens (tertiary/aromatic N) is 5. The molecule has 1 saturated carbocycles. The molecule has 0 bridgehead atoms. The Kier molecular flexibility index (Phi) is 6.63. The molecule has 4 heterocycles. The molecule has 1 amide bonds. The van der Waals surface area contributed by atoms with Gasteiger partial charge in [0.2, 0.25) is 5.91 Å². The zero-order chi connectivity index (χ0) is 23.7. The number of anilines is 1. The van der Waals surface area contributed by atoms with E-state index in [-0.39, 0.29) is 23.8 Å². The number of carbonyl (C=O) groups excluding carboxylic acids is 1. The number of aryl methyl sites for hydroxylation is 1. The topological polar surface area (TPSA) is 98.3 Å². The molecular formula is C25H34N6O2S. The average Bonchev–Trinajstić information content (AvgIpc) is 3.41. The van der Waals surface area contributed by atoms with Crippen molar-refractivity contribution in [2.75, 3.05) is 31.1 Å². The van der Waals surface area contributed by atoms with E-state index in [2.05, 4.69) is 26.3 Å². The molecule has 182 valence electrons. The van der Waals surface area contributed by atoms with Gasteiger partial charge in [0.1, 0.15) is 5.76 Å². The lowest BCUT2D eigenvalue weighted by Crippen LogP contribution is -2.54. The Morgan fingerprint density at radius 2 is 2.15 bits per heavy atom. The van der Waals surface area contributed by atoms with Gasteiger partial charge in [0.15, 0.2) is 5.13 Å². The fraction of sp³-hybridized carbons (Fsp3) is 0.680. The van der Waals surface area contributed by atoms with Crippen LogP contribution in [0.3, 0.4) is 0 Å². The maximum absolute atomic E-state index is 12.3. The van der Waals surface area contributed by atoms with Crippen LogP contribution in [0.4, 0.5) is 5.13 Å². The fourth-order valence-corrected chi connectivity index (χ4v) is 6.52. The van der Waals surface area contributed by atoms with Crippen molar-refractivity contribution in [2.24, 2.45) is 11.3 Å². The van der Waals surface area contributed by atoms with Crippen molar-refractivity contribution in [2.45, 2.75) is 71.4 Å². The number of hydrogen-bond acceptors (Lipinski definition) is 8. The van der Waals surface area contributed by atoms with Crippen molar-refractivity contribution in [1.82, 2.24) is 20.4 Å². The smallest absolute Gasteiger partial charge is 0.227 e. The average molecular weight is 483 g/mol. The van der Waals surface area contributed by atoms with E-state index in [9.17, 15) is 10.1 Å². The lowest BCUT2D eigenvalue weighted by molar-refractivity contribution is -0.121. The number of nitrogens with one attached hydrogen (secondary N) is 1. The summed E-state index contributed by atoms with van der Waals surface area (Å²) in [6, 6.07) is 4.52. The van der Waals surface area contributed by atoms with Crippen LogP contribution in [0.25, 0.3) is 0 Å². The number of carbonyl (C=O) groups is 1. The Morgan fingerprint density at radius 3 is 2.85 bits per heavy atom. The molecular weight excluding hydrogens is 448 g/mol. The van der Waals surface area contributed by atoms with Gasteiger partial charge in [-0.25, -0.2) is 4.98 Å². The molecule has 0 unspecified atom stereocenters. The molecule has 9 heteroatoms. The summed E-state index contributed by atoms with van der Waals surface area (Å²) >= 11 is 1.82. The summed E-state index contributed by atoms with van der Waals surface area (Å²) in [6.45, 7) is 8.65. The van der Waals surface area contributed by atoms with Gasteiger partial charge in [-0.1, -0.05) is 5.16 Å². The van der Waals surface area contributed by atoms with Crippen molar-refractivity contribution < 1.29 is 9.32 Å². The summed E-state index contributed by atoms with van der Waals surface area (Å²) < 4.78 is 5.15. The van der Waals surface area contributed by atoms with E-state index in [0.29, 0.717) is 5.76 Å². The van der Waals surface area contributed by atoms with Crippen LogP contribution in [0.15, 0.2) is 10.6 Å². The van der Waals surface area contributed by atoms with E-state index in [1.165, 1.54) is 29.8 Å². The standard InChI is InChI=1S/C25H34N6O2S/c1-17-11-20(33-29-17)12-23(32)27-19-5-3-18(4-6-19)7-9-30-10-8-22-21(13-30)28-24(34-22)31-15-25(2,14-26)16-31/h11,18-19H,3-10,12-13,15-16H2,1-2H3,(H,27,32)/t18-,19-. The Hall–Kier alpha value is -2.44. The van der Waals surface area contributed by atoms with Gasteiger partial charge in [0.25, 0.3) is 0 Å². The normalized spacial score (nSPS) is 24.2. The van der Waals surface area contributed by atoms with E-state index in [1.54, 1.807) is 0 Å². The van der Waals surface area contributed by atoms with Gasteiger partial charge in [-0.3, -0.25) is 9.69 Å². The van der Waals surface area contributed by atoms with Gasteiger partial charge in [0, 0.05) is 43.2 Å². The summed E-state index contributed by atoms with van der Waals surface area (Å²) in [4.78, 5) is 23.4. The molecule has 3 aliphatic rings. The molecule has 0 spiro atoms. The predicted octanol–water partition coefficient (Wildman–Crippen LogP) is 3.46. The summed E-state index contributed by atoms with van der Waals surface area (Å²) in [7, 11) is 0. The van der Waals surface area contributed by atoms with E-state index in [4.69, 9.17) is 9.51 Å². The molecule has 2 aromatic rings. The summed E-state index contributed by atoms with van der Waals surface area (Å²) in [6.07, 6.45) is 7.05. The van der Waals surface area contributed by atoms with Crippen molar-refractivity contribution in [1.29, 1.82) is 5.26 Å². The maximum Gasteiger partial charge on any atom is 0.227 e. The van der Waals surface area contributed by atoms with E-state index in [0.717, 1.165) is 68.7 Å². The van der Waals surface area contributed by atoms with Crippen molar-refractivity contribution in [3.05, 3.63) is 28.1 Å². The lowest BCUT2D eigenvalue weighted by Gasteiger charge is -2.43. The number of thiazole rings is 1. The molecule has 8 nitrogen and oxygen atoms in total. The van der Waals surface area contributed by atoms with Gasteiger partial charge in [-0.15, -0.1) is 11.3 Å². The Morgan fingerprint density at radius 1 is 1.35 bits per heavy atom. The van der Waals surface area contributed by atoms with Gasteiger partial charge >= 0.3 is 0 Å². The third-order valence-corrected chi connectivity index (χ3v) is 8.71. The van der Waals surface area contributed by atoms with Gasteiger partial charge < -0.3 is 14.7 Å². The first-order chi connectivity index (χ1) is 16.4. The second-order valence-corrected chi connectivity index (χ2v) is 11.7. The summed E-state index contributed by atoms with van der Waals surface area (Å²) in [5.41, 5.74) is 1.84. The van der Waals surface area contributed by atoms with Gasteiger partial charge in [0.05, 0.1) is 29.3 Å². The highest BCUT2D eigenvalue weighted by Gasteiger charge is 2.41. The molecule has 2 aliphatic heterocycles. The molecule has 1 N–H and O–H groups in total. The molecule has 1 saturated heterocycles. The first-order valence-electron chi connectivity index (χ1n) is 12.5. The zero-order valence-corrected chi connectivity index (χ0v) is 21.0. The second kappa shape index (κ2) is 9.67. The highest BCUT2D eigenvalue weighted by Crippen LogP contribution is 2.38. The van der Waals surface area contributed by atoms with Crippen LogP contribution in [0.1, 0.15) is 61.1 Å². The quantitative estimate of drug-likeness (QED) is 0.645. The highest BCUT2D eigenvalue weighted by atomic mass is 32.1. The van der Waals surface area contributed by atoms with Gasteiger partial charge in [-0.05, 0) is 64.8 Å². The molecule has 0 radical (unpaired) electrons. The largest absolute Gasteiger partial charge is 0.361 e. The number of rotatable bonds is 7. The molecule has 2 aromatic heterocycles. The third-order valence-electron chi connectivity index (χ3n) is 7.49. The number of hydrogen-bond donors (Lipinski definition) is 1. The molecule has 0 atom stereocenters. The maximum atomic E-state index is 12.3. The minimum atomic E-state index is -0.212. The summed E-state index contributed by atoms with van der Waals surface area (Å²) in [5, 5.41) is 17.4. The van der Waals surface area contributed by atoms with Crippen LogP contribution in [-0.2, 0) is 24.2 Å². The number of nitriles is 1. The summed E-state index contributed by atoms with van der Waals surface area (Å²) in [5.74, 6) is 1.40. The Bertz CT molecular complexity index is 1060. The second-order valence-electron chi connectivity index (χ2n) is 10.6. The van der Waals surface area contributed by atoms with Crippen LogP contribution in [-0.4, -0.2) is 53.2 Å². The third kappa shape index (κ3) is 5.28. The predicted molar refractivity (Wildman–Crippen MR) is 130 cm³/mol. The first-order valence-corrected chi connectivity index (χ1v) is 13.3. The molecule has 0 aromatic carbocycles.